The first-order chi connectivity index (χ1) is 15.3. The summed E-state index contributed by atoms with van der Waals surface area (Å²) in [6.45, 7) is 4.12. The van der Waals surface area contributed by atoms with Gasteiger partial charge in [-0.3, -0.25) is 9.59 Å². The van der Waals surface area contributed by atoms with Gasteiger partial charge in [0.1, 0.15) is 6.61 Å². The summed E-state index contributed by atoms with van der Waals surface area (Å²) in [5.41, 5.74) is 3.76. The molecule has 0 unspecified atom stereocenters. The van der Waals surface area contributed by atoms with Crippen molar-refractivity contribution >= 4 is 18.0 Å². The summed E-state index contributed by atoms with van der Waals surface area (Å²) in [6, 6.07) is 16.3. The van der Waals surface area contributed by atoms with Crippen LogP contribution in [0.3, 0.4) is 0 Å². The smallest absolute Gasteiger partial charge is 0.407 e. The van der Waals surface area contributed by atoms with Crippen molar-refractivity contribution in [3.05, 3.63) is 59.7 Å². The number of carboxylic acids is 1. The molecular formula is C25H28N2O5. The van der Waals surface area contributed by atoms with Crippen LogP contribution in [0.25, 0.3) is 11.1 Å². The first kappa shape index (κ1) is 21.9. The van der Waals surface area contributed by atoms with E-state index in [2.05, 4.69) is 34.9 Å². The minimum Gasteiger partial charge on any atom is -0.481 e. The van der Waals surface area contributed by atoms with Crippen LogP contribution < -0.4 is 10.6 Å². The fourth-order valence-corrected chi connectivity index (χ4v) is 4.26. The molecule has 2 atom stereocenters. The Morgan fingerprint density at radius 3 is 2.16 bits per heavy atom. The molecule has 2 aromatic rings. The number of carbonyl (C=O) groups is 3. The van der Waals surface area contributed by atoms with E-state index in [0.29, 0.717) is 13.0 Å². The monoisotopic (exact) mass is 436 g/mol. The van der Waals surface area contributed by atoms with E-state index >= 15 is 0 Å². The fourth-order valence-electron chi connectivity index (χ4n) is 4.26. The minimum atomic E-state index is -0.848. The highest BCUT2D eigenvalue weighted by Crippen LogP contribution is 2.44. The van der Waals surface area contributed by atoms with E-state index < -0.39 is 17.5 Å². The molecule has 2 aliphatic rings. The molecule has 7 nitrogen and oxygen atoms in total. The highest BCUT2D eigenvalue weighted by Gasteiger charge is 2.43. The lowest BCUT2D eigenvalue weighted by atomic mass is 9.92. The molecule has 0 saturated heterocycles. The van der Waals surface area contributed by atoms with E-state index in [0.717, 1.165) is 22.3 Å². The van der Waals surface area contributed by atoms with Crippen molar-refractivity contribution < 1.29 is 24.2 Å². The zero-order valence-corrected chi connectivity index (χ0v) is 18.3. The number of aliphatic carboxylic acids is 1. The van der Waals surface area contributed by atoms with Gasteiger partial charge in [0.2, 0.25) is 5.91 Å². The predicted molar refractivity (Wildman–Crippen MR) is 119 cm³/mol. The Hall–Kier alpha value is -3.35. The van der Waals surface area contributed by atoms with Gasteiger partial charge in [-0.25, -0.2) is 4.79 Å². The first-order valence-corrected chi connectivity index (χ1v) is 10.9. The lowest BCUT2D eigenvalue weighted by molar-refractivity contribution is -0.139. The molecule has 1 saturated carbocycles. The van der Waals surface area contributed by atoms with Crippen LogP contribution in [0, 0.1) is 17.3 Å². The molecule has 0 aromatic heterocycles. The van der Waals surface area contributed by atoms with Crippen molar-refractivity contribution in [2.45, 2.75) is 26.2 Å². The molecule has 168 valence electrons. The second kappa shape index (κ2) is 8.65. The maximum Gasteiger partial charge on any atom is 0.407 e. The van der Waals surface area contributed by atoms with Gasteiger partial charge in [-0.2, -0.15) is 0 Å². The molecule has 7 heteroatoms. The zero-order valence-electron chi connectivity index (χ0n) is 18.3. The van der Waals surface area contributed by atoms with Crippen molar-refractivity contribution in [2.24, 2.45) is 17.3 Å². The molecular weight excluding hydrogens is 408 g/mol. The van der Waals surface area contributed by atoms with Crippen LogP contribution in [0.4, 0.5) is 4.79 Å². The van der Waals surface area contributed by atoms with Gasteiger partial charge < -0.3 is 20.5 Å². The lowest BCUT2D eigenvalue weighted by Crippen LogP contribution is -2.45. The van der Waals surface area contributed by atoms with Crippen LogP contribution in [0.5, 0.6) is 0 Å². The van der Waals surface area contributed by atoms with Gasteiger partial charge in [0.15, 0.2) is 0 Å². The van der Waals surface area contributed by atoms with E-state index in [1.165, 1.54) is 0 Å². The number of carbonyl (C=O) groups excluding carboxylic acids is 2. The van der Waals surface area contributed by atoms with Crippen LogP contribution in [0.1, 0.15) is 37.3 Å². The van der Waals surface area contributed by atoms with Crippen molar-refractivity contribution in [2.75, 3.05) is 19.7 Å². The number of rotatable bonds is 8. The number of fused-ring (bicyclic) bond motifs is 3. The standard InChI is InChI=1S/C25H28N2O5/c1-25(2,23(30)26-12-15-11-20(15)22(28)29)14-27-24(31)32-13-21-18-9-5-3-7-16(18)17-8-4-6-10-19(17)21/h3-10,15,20-21H,11-14H2,1-2H3,(H,26,30)(H,27,31)(H,28,29)/t15-,20-/m1/s1. The van der Waals surface area contributed by atoms with Gasteiger partial charge in [0, 0.05) is 19.0 Å². The van der Waals surface area contributed by atoms with E-state index in [1.54, 1.807) is 13.8 Å². The molecule has 0 bridgehead atoms. The molecule has 3 N–H and O–H groups in total. The summed E-state index contributed by atoms with van der Waals surface area (Å²) >= 11 is 0. The molecule has 4 rings (SSSR count). The third-order valence-corrected chi connectivity index (χ3v) is 6.40. The Labute approximate surface area is 187 Å². The second-order valence-electron chi connectivity index (χ2n) is 9.21. The summed E-state index contributed by atoms with van der Waals surface area (Å²) < 4.78 is 5.52. The Balaban J connectivity index is 1.27. The van der Waals surface area contributed by atoms with Gasteiger partial charge in [0.05, 0.1) is 11.3 Å². The Kier molecular flexibility index (Phi) is 5.91. The Morgan fingerprint density at radius 2 is 1.59 bits per heavy atom. The summed E-state index contributed by atoms with van der Waals surface area (Å²) in [5, 5.41) is 14.4. The average molecular weight is 437 g/mol. The fraction of sp³-hybridized carbons (Fsp3) is 0.400. The highest BCUT2D eigenvalue weighted by atomic mass is 16.5. The molecule has 1 fully saturated rings. The van der Waals surface area contributed by atoms with Crippen LogP contribution >= 0.6 is 0 Å². The maximum absolute atomic E-state index is 12.5. The van der Waals surface area contributed by atoms with Gasteiger partial charge >= 0.3 is 12.1 Å². The Bertz CT molecular complexity index is 1000. The normalized spacial score (nSPS) is 18.9. The van der Waals surface area contributed by atoms with Gasteiger partial charge in [0.25, 0.3) is 0 Å². The summed E-state index contributed by atoms with van der Waals surface area (Å²) in [5.74, 6) is -1.45. The number of alkyl carbamates (subject to hydrolysis) is 1. The molecule has 2 aromatic carbocycles. The average Bonchev–Trinajstić information content (AvgIpc) is 3.50. The molecule has 0 aliphatic heterocycles. The molecule has 2 aliphatic carbocycles. The number of amides is 2. The van der Waals surface area contributed by atoms with Gasteiger partial charge in [-0.1, -0.05) is 48.5 Å². The van der Waals surface area contributed by atoms with Crippen LogP contribution in [-0.4, -0.2) is 42.8 Å². The molecule has 0 radical (unpaired) electrons. The summed E-state index contributed by atoms with van der Waals surface area (Å²) in [4.78, 5) is 35.7. The second-order valence-corrected chi connectivity index (χ2v) is 9.21. The molecule has 32 heavy (non-hydrogen) atoms. The number of benzene rings is 2. The van der Waals surface area contributed by atoms with Crippen LogP contribution in [-0.2, 0) is 14.3 Å². The zero-order chi connectivity index (χ0) is 22.9. The summed E-state index contributed by atoms with van der Waals surface area (Å²) in [6.07, 6.45) is 0.0227. The van der Waals surface area contributed by atoms with E-state index in [4.69, 9.17) is 9.84 Å². The number of carboxylic acid groups (broad SMARTS) is 1. The van der Waals surface area contributed by atoms with Gasteiger partial charge in [-0.05, 0) is 48.4 Å². The third-order valence-electron chi connectivity index (χ3n) is 6.40. The van der Waals surface area contributed by atoms with Crippen molar-refractivity contribution in [3.63, 3.8) is 0 Å². The first-order valence-electron chi connectivity index (χ1n) is 10.9. The van der Waals surface area contributed by atoms with E-state index in [9.17, 15) is 14.4 Å². The largest absolute Gasteiger partial charge is 0.481 e. The number of ether oxygens (including phenoxy) is 1. The van der Waals surface area contributed by atoms with E-state index in [-0.39, 0.29) is 36.8 Å². The maximum atomic E-state index is 12.5. The van der Waals surface area contributed by atoms with E-state index in [1.807, 2.05) is 24.3 Å². The topological polar surface area (TPSA) is 105 Å². The molecule has 0 spiro atoms. The molecule has 0 heterocycles. The number of nitrogens with one attached hydrogen (secondary N) is 2. The predicted octanol–water partition coefficient (Wildman–Crippen LogP) is 3.39. The van der Waals surface area contributed by atoms with Crippen molar-refractivity contribution in [1.29, 1.82) is 0 Å². The van der Waals surface area contributed by atoms with Gasteiger partial charge in [-0.15, -0.1) is 0 Å². The SMILES string of the molecule is CC(C)(CNC(=O)OCC1c2ccccc2-c2ccccc21)C(=O)NC[C@H]1C[C@H]1C(=O)O. The van der Waals surface area contributed by atoms with Crippen molar-refractivity contribution in [1.82, 2.24) is 10.6 Å². The Morgan fingerprint density at radius 1 is 1.00 bits per heavy atom. The quantitative estimate of drug-likeness (QED) is 0.588. The number of hydrogen-bond acceptors (Lipinski definition) is 4. The van der Waals surface area contributed by atoms with Crippen molar-refractivity contribution in [3.8, 4) is 11.1 Å². The lowest BCUT2D eigenvalue weighted by Gasteiger charge is -2.24. The third kappa shape index (κ3) is 4.47. The van der Waals surface area contributed by atoms with Crippen LogP contribution in [0.15, 0.2) is 48.5 Å². The summed E-state index contributed by atoms with van der Waals surface area (Å²) in [7, 11) is 0. The van der Waals surface area contributed by atoms with Crippen LogP contribution in [0.2, 0.25) is 0 Å². The number of hydrogen-bond donors (Lipinski definition) is 3. The minimum absolute atomic E-state index is 0.0117. The molecule has 2 amide bonds. The highest BCUT2D eigenvalue weighted by molar-refractivity contribution is 5.83.